The molecule has 0 aliphatic rings. The van der Waals surface area contributed by atoms with Crippen LogP contribution in [0.15, 0.2) is 43.0 Å². The zero-order valence-electron chi connectivity index (χ0n) is 10.7. The van der Waals surface area contributed by atoms with Gasteiger partial charge in [-0.2, -0.15) is 10.4 Å². The predicted octanol–water partition coefficient (Wildman–Crippen LogP) is 2.73. The van der Waals surface area contributed by atoms with Gasteiger partial charge in [0, 0.05) is 16.0 Å². The van der Waals surface area contributed by atoms with Crippen molar-refractivity contribution in [2.24, 2.45) is 0 Å². The Labute approximate surface area is 133 Å². The second kappa shape index (κ2) is 5.65. The van der Waals surface area contributed by atoms with E-state index in [1.807, 2.05) is 16.7 Å². The molecule has 3 rings (SSSR count). The summed E-state index contributed by atoms with van der Waals surface area (Å²) < 4.78 is 17.5. The first-order valence-electron chi connectivity index (χ1n) is 6.07. The minimum Gasteiger partial charge on any atom is -0.330 e. The molecule has 7 heteroatoms. The molecule has 1 aromatic carbocycles. The van der Waals surface area contributed by atoms with E-state index >= 15 is 0 Å². The van der Waals surface area contributed by atoms with Crippen molar-refractivity contribution < 1.29 is 4.39 Å². The van der Waals surface area contributed by atoms with Crippen LogP contribution in [0.25, 0.3) is 5.69 Å². The summed E-state index contributed by atoms with van der Waals surface area (Å²) in [6.45, 7) is 0.530. The summed E-state index contributed by atoms with van der Waals surface area (Å²) in [5.74, 6) is -0.273. The fourth-order valence-corrected chi connectivity index (χ4v) is 2.72. The lowest BCUT2D eigenvalue weighted by Crippen LogP contribution is -2.07. The van der Waals surface area contributed by atoms with Crippen LogP contribution in [0.5, 0.6) is 0 Å². The Morgan fingerprint density at radius 2 is 2.19 bits per heavy atom. The predicted molar refractivity (Wildman–Crippen MR) is 82.3 cm³/mol. The van der Waals surface area contributed by atoms with Crippen LogP contribution in [0.4, 0.5) is 4.39 Å². The second-order valence-corrected chi connectivity index (χ2v) is 5.54. The largest absolute Gasteiger partial charge is 0.330 e. The molecular weight excluding hydrogens is 384 g/mol. The second-order valence-electron chi connectivity index (χ2n) is 4.37. The van der Waals surface area contributed by atoms with E-state index in [2.05, 4.69) is 32.7 Å². The quantitative estimate of drug-likeness (QED) is 0.643. The van der Waals surface area contributed by atoms with E-state index in [1.165, 1.54) is 12.1 Å². The van der Waals surface area contributed by atoms with Gasteiger partial charge in [0.2, 0.25) is 0 Å². The van der Waals surface area contributed by atoms with E-state index in [9.17, 15) is 4.39 Å². The molecule has 0 aliphatic heterocycles. The Morgan fingerprint density at radius 1 is 1.33 bits per heavy atom. The SMILES string of the molecule is N#Cc1cn(Cc2ccnn2-c2ccc(F)cc2I)cn1. The average Bonchev–Trinajstić information content (AvgIpc) is 3.09. The molecule has 0 fully saturated rings. The Kier molecular flexibility index (Phi) is 3.70. The van der Waals surface area contributed by atoms with Crippen LogP contribution in [0.1, 0.15) is 11.4 Å². The maximum atomic E-state index is 13.2. The van der Waals surface area contributed by atoms with Crippen molar-refractivity contribution in [1.29, 1.82) is 5.26 Å². The summed E-state index contributed by atoms with van der Waals surface area (Å²) in [6, 6.07) is 8.44. The Balaban J connectivity index is 1.95. The number of hydrogen-bond donors (Lipinski definition) is 0. The maximum absolute atomic E-state index is 13.2. The highest BCUT2D eigenvalue weighted by atomic mass is 127. The fourth-order valence-electron chi connectivity index (χ4n) is 2.01. The summed E-state index contributed by atoms with van der Waals surface area (Å²) in [6.07, 6.45) is 4.97. The highest BCUT2D eigenvalue weighted by Crippen LogP contribution is 2.19. The molecule has 3 aromatic rings. The Bertz CT molecular complexity index is 830. The highest BCUT2D eigenvalue weighted by Gasteiger charge is 2.10. The van der Waals surface area contributed by atoms with Crippen LogP contribution in [-0.4, -0.2) is 19.3 Å². The Hall–Kier alpha value is -2.21. The summed E-state index contributed by atoms with van der Waals surface area (Å²) in [5.41, 5.74) is 2.11. The molecule has 2 aromatic heterocycles. The molecule has 0 N–H and O–H groups in total. The zero-order valence-corrected chi connectivity index (χ0v) is 12.9. The smallest absolute Gasteiger partial charge is 0.158 e. The number of imidazole rings is 1. The molecule has 0 atom stereocenters. The molecule has 0 unspecified atom stereocenters. The van der Waals surface area contributed by atoms with Gasteiger partial charge in [-0.3, -0.25) is 0 Å². The van der Waals surface area contributed by atoms with Crippen LogP contribution < -0.4 is 0 Å². The van der Waals surface area contributed by atoms with Gasteiger partial charge in [0.15, 0.2) is 5.69 Å². The van der Waals surface area contributed by atoms with Crippen LogP contribution in [-0.2, 0) is 6.54 Å². The van der Waals surface area contributed by atoms with Crippen molar-refractivity contribution in [3.63, 3.8) is 0 Å². The van der Waals surface area contributed by atoms with Crippen LogP contribution in [0.2, 0.25) is 0 Å². The molecule has 0 bridgehead atoms. The van der Waals surface area contributed by atoms with Crippen molar-refractivity contribution in [1.82, 2.24) is 19.3 Å². The van der Waals surface area contributed by atoms with Crippen LogP contribution in [0.3, 0.4) is 0 Å². The van der Waals surface area contributed by atoms with Gasteiger partial charge in [0.1, 0.15) is 11.9 Å². The number of nitrogens with zero attached hydrogens (tertiary/aromatic N) is 5. The number of aromatic nitrogens is 4. The van der Waals surface area contributed by atoms with E-state index in [4.69, 9.17) is 5.26 Å². The summed E-state index contributed by atoms with van der Waals surface area (Å²) in [7, 11) is 0. The lowest BCUT2D eigenvalue weighted by molar-refractivity contribution is 0.625. The standard InChI is InChI=1S/C14H9FIN5/c15-10-1-2-14(13(16)5-10)21-12(3-4-19-21)8-20-7-11(6-17)18-9-20/h1-5,7,9H,8H2. The minimum absolute atomic E-state index is 0.273. The third kappa shape index (κ3) is 2.80. The average molecular weight is 393 g/mol. The molecule has 0 saturated carbocycles. The lowest BCUT2D eigenvalue weighted by Gasteiger charge is -2.10. The molecule has 21 heavy (non-hydrogen) atoms. The zero-order chi connectivity index (χ0) is 14.8. The molecular formula is C14H9FIN5. The first-order valence-corrected chi connectivity index (χ1v) is 7.15. The van der Waals surface area contributed by atoms with Gasteiger partial charge in [0.25, 0.3) is 0 Å². The number of hydrogen-bond acceptors (Lipinski definition) is 3. The summed E-state index contributed by atoms with van der Waals surface area (Å²) >= 11 is 2.08. The normalized spacial score (nSPS) is 10.5. The number of nitriles is 1. The summed E-state index contributed by atoms with van der Waals surface area (Å²) in [4.78, 5) is 3.97. The van der Waals surface area contributed by atoms with Gasteiger partial charge in [-0.15, -0.1) is 0 Å². The summed E-state index contributed by atoms with van der Waals surface area (Å²) in [5, 5.41) is 13.1. The number of rotatable bonds is 3. The van der Waals surface area contributed by atoms with Gasteiger partial charge in [-0.25, -0.2) is 14.1 Å². The number of benzene rings is 1. The van der Waals surface area contributed by atoms with Gasteiger partial charge in [-0.05, 0) is 46.9 Å². The molecule has 2 heterocycles. The van der Waals surface area contributed by atoms with Crippen molar-refractivity contribution in [3.8, 4) is 11.8 Å². The molecule has 104 valence electrons. The molecule has 5 nitrogen and oxygen atoms in total. The van der Waals surface area contributed by atoms with E-state index in [0.717, 1.165) is 15.0 Å². The Morgan fingerprint density at radius 3 is 2.90 bits per heavy atom. The topological polar surface area (TPSA) is 59.4 Å². The van der Waals surface area contributed by atoms with E-state index < -0.39 is 0 Å². The van der Waals surface area contributed by atoms with E-state index in [-0.39, 0.29) is 5.82 Å². The molecule has 0 amide bonds. The minimum atomic E-state index is -0.273. The molecule has 0 spiro atoms. The van der Waals surface area contributed by atoms with Gasteiger partial charge in [-0.1, -0.05) is 0 Å². The van der Waals surface area contributed by atoms with Crippen molar-refractivity contribution in [2.75, 3.05) is 0 Å². The van der Waals surface area contributed by atoms with Crippen molar-refractivity contribution in [3.05, 3.63) is 63.8 Å². The highest BCUT2D eigenvalue weighted by molar-refractivity contribution is 14.1. The van der Waals surface area contributed by atoms with Gasteiger partial charge in [0.05, 0.1) is 24.3 Å². The van der Waals surface area contributed by atoms with E-state index in [0.29, 0.717) is 12.2 Å². The van der Waals surface area contributed by atoms with Crippen molar-refractivity contribution in [2.45, 2.75) is 6.54 Å². The third-order valence-corrected chi connectivity index (χ3v) is 3.82. The molecule has 0 radical (unpaired) electrons. The van der Waals surface area contributed by atoms with Crippen LogP contribution >= 0.6 is 22.6 Å². The fraction of sp³-hybridized carbons (Fsp3) is 0.0714. The maximum Gasteiger partial charge on any atom is 0.158 e. The van der Waals surface area contributed by atoms with Crippen LogP contribution in [0, 0.1) is 20.7 Å². The molecule has 0 aliphatic carbocycles. The van der Waals surface area contributed by atoms with Crippen molar-refractivity contribution >= 4 is 22.6 Å². The first-order chi connectivity index (χ1) is 10.2. The molecule has 0 saturated heterocycles. The first kappa shape index (κ1) is 13.8. The van der Waals surface area contributed by atoms with Gasteiger partial charge < -0.3 is 4.57 Å². The monoisotopic (exact) mass is 393 g/mol. The number of halogens is 2. The van der Waals surface area contributed by atoms with Gasteiger partial charge >= 0.3 is 0 Å². The third-order valence-electron chi connectivity index (χ3n) is 2.95. The lowest BCUT2D eigenvalue weighted by atomic mass is 10.3. The van der Waals surface area contributed by atoms with E-state index in [1.54, 1.807) is 29.5 Å².